The van der Waals surface area contributed by atoms with Crippen molar-refractivity contribution in [2.45, 2.75) is 6.42 Å². The van der Waals surface area contributed by atoms with Crippen LogP contribution >= 0.6 is 11.6 Å². The fourth-order valence-electron chi connectivity index (χ4n) is 1.92. The van der Waals surface area contributed by atoms with Gasteiger partial charge in [0.1, 0.15) is 11.6 Å². The standard InChI is InChI=1S/C15H10ClFN2O2/c16-12-6-5-10(20)8-11(12)15-18-14(19-21-15)7-9-3-1-2-4-13(9)17/h1-6,8,20H,7H2. The van der Waals surface area contributed by atoms with E-state index in [0.29, 0.717) is 22.0 Å². The van der Waals surface area contributed by atoms with Gasteiger partial charge >= 0.3 is 0 Å². The lowest BCUT2D eigenvalue weighted by Crippen LogP contribution is -1.94. The van der Waals surface area contributed by atoms with Gasteiger partial charge in [0.05, 0.1) is 10.6 Å². The number of hydrogen-bond donors (Lipinski definition) is 1. The van der Waals surface area contributed by atoms with Crippen LogP contribution in [0.4, 0.5) is 4.39 Å². The van der Waals surface area contributed by atoms with E-state index in [1.54, 1.807) is 18.2 Å². The number of hydrogen-bond acceptors (Lipinski definition) is 4. The third-order valence-electron chi connectivity index (χ3n) is 2.95. The molecule has 0 bridgehead atoms. The van der Waals surface area contributed by atoms with Crippen LogP contribution in [0.15, 0.2) is 47.0 Å². The van der Waals surface area contributed by atoms with E-state index in [1.807, 2.05) is 0 Å². The number of nitrogens with zero attached hydrogens (tertiary/aromatic N) is 2. The third kappa shape index (κ3) is 2.87. The van der Waals surface area contributed by atoms with E-state index in [1.165, 1.54) is 24.3 Å². The molecule has 0 fully saturated rings. The maximum atomic E-state index is 13.6. The van der Waals surface area contributed by atoms with Gasteiger partial charge in [0.2, 0.25) is 0 Å². The maximum Gasteiger partial charge on any atom is 0.259 e. The molecule has 4 nitrogen and oxygen atoms in total. The third-order valence-corrected chi connectivity index (χ3v) is 3.28. The fourth-order valence-corrected chi connectivity index (χ4v) is 2.12. The summed E-state index contributed by atoms with van der Waals surface area (Å²) in [5.74, 6) is 0.249. The van der Waals surface area contributed by atoms with Crippen LogP contribution in [0.2, 0.25) is 5.02 Å². The van der Waals surface area contributed by atoms with Crippen molar-refractivity contribution < 1.29 is 14.0 Å². The van der Waals surface area contributed by atoms with Gasteiger partial charge in [0.15, 0.2) is 5.82 Å². The Morgan fingerprint density at radius 2 is 2.00 bits per heavy atom. The summed E-state index contributed by atoms with van der Waals surface area (Å²) in [6, 6.07) is 10.8. The molecule has 0 spiro atoms. The number of benzene rings is 2. The van der Waals surface area contributed by atoms with Gasteiger partial charge in [-0.15, -0.1) is 0 Å². The van der Waals surface area contributed by atoms with Crippen LogP contribution in [-0.4, -0.2) is 15.2 Å². The Kier molecular flexibility index (Phi) is 3.58. The highest BCUT2D eigenvalue weighted by atomic mass is 35.5. The van der Waals surface area contributed by atoms with Gasteiger partial charge in [-0.2, -0.15) is 4.98 Å². The average Bonchev–Trinajstić information content (AvgIpc) is 2.92. The first kappa shape index (κ1) is 13.6. The largest absolute Gasteiger partial charge is 0.508 e. The number of aromatic hydroxyl groups is 1. The van der Waals surface area contributed by atoms with Crippen LogP contribution in [0.5, 0.6) is 5.75 Å². The van der Waals surface area contributed by atoms with Crippen LogP contribution in [0, 0.1) is 5.82 Å². The molecule has 1 N–H and O–H groups in total. The predicted molar refractivity (Wildman–Crippen MR) is 75.6 cm³/mol. The SMILES string of the molecule is Oc1ccc(Cl)c(-c2nc(Cc3ccccc3F)no2)c1. The van der Waals surface area contributed by atoms with Crippen LogP contribution in [0.3, 0.4) is 0 Å². The molecule has 3 rings (SSSR count). The molecule has 0 saturated heterocycles. The second kappa shape index (κ2) is 5.54. The van der Waals surface area contributed by atoms with Crippen LogP contribution in [-0.2, 0) is 6.42 Å². The zero-order valence-electron chi connectivity index (χ0n) is 10.8. The van der Waals surface area contributed by atoms with E-state index in [9.17, 15) is 9.50 Å². The van der Waals surface area contributed by atoms with E-state index in [4.69, 9.17) is 16.1 Å². The Bertz CT molecular complexity index is 789. The van der Waals surface area contributed by atoms with E-state index in [2.05, 4.69) is 10.1 Å². The quantitative estimate of drug-likeness (QED) is 0.799. The van der Waals surface area contributed by atoms with Crippen molar-refractivity contribution in [1.29, 1.82) is 0 Å². The molecule has 0 saturated carbocycles. The summed E-state index contributed by atoms with van der Waals surface area (Å²) < 4.78 is 18.7. The minimum Gasteiger partial charge on any atom is -0.508 e. The molecule has 0 radical (unpaired) electrons. The molecule has 106 valence electrons. The van der Waals surface area contributed by atoms with Gasteiger partial charge in [-0.25, -0.2) is 4.39 Å². The van der Waals surface area contributed by atoms with Crippen molar-refractivity contribution in [3.05, 3.63) is 64.7 Å². The lowest BCUT2D eigenvalue weighted by Gasteiger charge is -1.99. The minimum atomic E-state index is -0.320. The molecular formula is C15H10ClFN2O2. The van der Waals surface area contributed by atoms with Crippen molar-refractivity contribution in [2.24, 2.45) is 0 Å². The van der Waals surface area contributed by atoms with E-state index in [-0.39, 0.29) is 23.9 Å². The molecule has 2 aromatic carbocycles. The second-order valence-electron chi connectivity index (χ2n) is 4.45. The topological polar surface area (TPSA) is 59.2 Å². The molecule has 0 aliphatic heterocycles. The summed E-state index contributed by atoms with van der Waals surface area (Å²) in [5.41, 5.74) is 0.913. The molecule has 0 aliphatic carbocycles. The van der Waals surface area contributed by atoms with Gasteiger partial charge in [0, 0.05) is 6.42 Å². The summed E-state index contributed by atoms with van der Waals surface area (Å²) in [5, 5.41) is 13.7. The number of rotatable bonds is 3. The molecule has 0 amide bonds. The van der Waals surface area contributed by atoms with Crippen molar-refractivity contribution in [3.63, 3.8) is 0 Å². The molecule has 21 heavy (non-hydrogen) atoms. The number of aromatic nitrogens is 2. The number of halogens is 2. The second-order valence-corrected chi connectivity index (χ2v) is 4.86. The van der Waals surface area contributed by atoms with E-state index < -0.39 is 0 Å². The average molecular weight is 305 g/mol. The molecule has 0 atom stereocenters. The Morgan fingerprint density at radius 1 is 1.19 bits per heavy atom. The van der Waals surface area contributed by atoms with Gasteiger partial charge in [-0.1, -0.05) is 35.0 Å². The Labute approximate surface area is 124 Å². The van der Waals surface area contributed by atoms with Crippen LogP contribution < -0.4 is 0 Å². The molecule has 1 heterocycles. The van der Waals surface area contributed by atoms with Gasteiger partial charge < -0.3 is 9.63 Å². The molecule has 0 aliphatic rings. The fraction of sp³-hybridized carbons (Fsp3) is 0.0667. The van der Waals surface area contributed by atoms with Gasteiger partial charge in [-0.3, -0.25) is 0 Å². The highest BCUT2D eigenvalue weighted by Gasteiger charge is 2.14. The summed E-state index contributed by atoms with van der Waals surface area (Å²) in [6.07, 6.45) is 0.215. The molecule has 1 aromatic heterocycles. The molecule has 3 aromatic rings. The summed E-state index contributed by atoms with van der Waals surface area (Å²) in [4.78, 5) is 4.18. The molecule has 0 unspecified atom stereocenters. The summed E-state index contributed by atoms with van der Waals surface area (Å²) >= 11 is 6.03. The Morgan fingerprint density at radius 3 is 2.81 bits per heavy atom. The van der Waals surface area contributed by atoms with E-state index >= 15 is 0 Å². The lowest BCUT2D eigenvalue weighted by molar-refractivity contribution is 0.423. The number of phenols is 1. The number of phenolic OH excluding ortho intramolecular Hbond substituents is 1. The monoisotopic (exact) mass is 304 g/mol. The van der Waals surface area contributed by atoms with Crippen molar-refractivity contribution in [1.82, 2.24) is 10.1 Å². The summed E-state index contributed by atoms with van der Waals surface area (Å²) in [6.45, 7) is 0. The predicted octanol–water partition coefficient (Wildman–Crippen LogP) is 3.83. The van der Waals surface area contributed by atoms with Crippen molar-refractivity contribution in [3.8, 4) is 17.2 Å². The van der Waals surface area contributed by atoms with Gasteiger partial charge in [0.25, 0.3) is 5.89 Å². The first-order valence-corrected chi connectivity index (χ1v) is 6.56. The first-order chi connectivity index (χ1) is 10.1. The molecular weight excluding hydrogens is 295 g/mol. The zero-order valence-corrected chi connectivity index (χ0v) is 11.5. The van der Waals surface area contributed by atoms with Crippen molar-refractivity contribution in [2.75, 3.05) is 0 Å². The van der Waals surface area contributed by atoms with Gasteiger partial charge in [-0.05, 0) is 29.8 Å². The van der Waals surface area contributed by atoms with E-state index in [0.717, 1.165) is 0 Å². The highest BCUT2D eigenvalue weighted by Crippen LogP contribution is 2.30. The Balaban J connectivity index is 1.90. The smallest absolute Gasteiger partial charge is 0.259 e. The van der Waals surface area contributed by atoms with Crippen LogP contribution in [0.25, 0.3) is 11.5 Å². The maximum absolute atomic E-state index is 13.6. The lowest BCUT2D eigenvalue weighted by atomic mass is 10.1. The normalized spacial score (nSPS) is 10.8. The Hall–Kier alpha value is -2.40. The summed E-state index contributed by atoms with van der Waals surface area (Å²) in [7, 11) is 0. The highest BCUT2D eigenvalue weighted by molar-refractivity contribution is 6.33. The van der Waals surface area contributed by atoms with Crippen molar-refractivity contribution >= 4 is 11.6 Å². The molecule has 6 heteroatoms. The minimum absolute atomic E-state index is 0.0447. The first-order valence-electron chi connectivity index (χ1n) is 6.18. The van der Waals surface area contributed by atoms with Crippen LogP contribution in [0.1, 0.15) is 11.4 Å². The zero-order chi connectivity index (χ0) is 14.8.